The third-order valence-corrected chi connectivity index (χ3v) is 5.69. The minimum absolute atomic E-state index is 0.151. The summed E-state index contributed by atoms with van der Waals surface area (Å²) in [5.74, 6) is -0.487. The first kappa shape index (κ1) is 16.6. The molecule has 0 fully saturated rings. The lowest BCUT2D eigenvalue weighted by Gasteiger charge is -2.06. The van der Waals surface area contributed by atoms with E-state index in [1.807, 2.05) is 25.1 Å². The second-order valence-corrected chi connectivity index (χ2v) is 8.09. The van der Waals surface area contributed by atoms with Crippen LogP contribution in [0.4, 0.5) is 0 Å². The topological polar surface area (TPSA) is 76.1 Å². The van der Waals surface area contributed by atoms with Crippen LogP contribution in [0.25, 0.3) is 0 Å². The summed E-state index contributed by atoms with van der Waals surface area (Å²) in [7, 11) is -3.77. The molecule has 1 amide bonds. The highest BCUT2D eigenvalue weighted by molar-refractivity contribution is 7.90. The lowest BCUT2D eigenvalue weighted by atomic mass is 10.2. The van der Waals surface area contributed by atoms with Crippen molar-refractivity contribution in [2.45, 2.75) is 38.0 Å². The predicted molar refractivity (Wildman–Crippen MR) is 86.3 cm³/mol. The van der Waals surface area contributed by atoms with Gasteiger partial charge in [0.15, 0.2) is 0 Å². The van der Waals surface area contributed by atoms with E-state index in [0.29, 0.717) is 17.7 Å². The van der Waals surface area contributed by atoms with Crippen molar-refractivity contribution in [3.8, 4) is 0 Å². The highest BCUT2D eigenvalue weighted by Crippen LogP contribution is 2.24. The van der Waals surface area contributed by atoms with Crippen LogP contribution in [0.2, 0.25) is 0 Å². The molecule has 7 heteroatoms. The van der Waals surface area contributed by atoms with Crippen LogP contribution in [-0.2, 0) is 21.2 Å². The van der Waals surface area contributed by atoms with Gasteiger partial charge in [-0.05, 0) is 44.9 Å². The Morgan fingerprint density at radius 3 is 2.68 bits per heavy atom. The quantitative estimate of drug-likeness (QED) is 0.878. The fourth-order valence-corrected chi connectivity index (χ4v) is 4.68. The number of amides is 1. The Kier molecular flexibility index (Phi) is 5.31. The molecule has 0 aliphatic rings. The number of aromatic nitrogens is 1. The minimum atomic E-state index is -3.77. The molecular formula is C15H18N2O3S2. The number of thiophene rings is 1. The van der Waals surface area contributed by atoms with Gasteiger partial charge in [0, 0.05) is 28.1 Å². The van der Waals surface area contributed by atoms with Gasteiger partial charge in [-0.1, -0.05) is 6.07 Å². The SMILES string of the molecule is Cc1cc(S(=O)(=O)NC(=O)CCCc2ccccn2)c(C)s1. The molecule has 5 nitrogen and oxygen atoms in total. The molecule has 2 heterocycles. The summed E-state index contributed by atoms with van der Waals surface area (Å²) in [6.07, 6.45) is 3.05. The van der Waals surface area contributed by atoms with Crippen LogP contribution < -0.4 is 4.72 Å². The molecule has 0 aromatic carbocycles. The summed E-state index contributed by atoms with van der Waals surface area (Å²) in [5.41, 5.74) is 0.891. The third-order valence-electron chi connectivity index (χ3n) is 3.10. The van der Waals surface area contributed by atoms with E-state index >= 15 is 0 Å². The van der Waals surface area contributed by atoms with Crippen molar-refractivity contribution in [2.75, 3.05) is 0 Å². The van der Waals surface area contributed by atoms with Crippen molar-refractivity contribution in [3.63, 3.8) is 0 Å². The third kappa shape index (κ3) is 4.38. The number of pyridine rings is 1. The molecule has 0 radical (unpaired) electrons. The van der Waals surface area contributed by atoms with Gasteiger partial charge in [0.1, 0.15) is 4.90 Å². The van der Waals surface area contributed by atoms with E-state index in [1.165, 1.54) is 11.3 Å². The molecule has 0 unspecified atom stereocenters. The fraction of sp³-hybridized carbons (Fsp3) is 0.333. The molecular weight excluding hydrogens is 320 g/mol. The molecule has 2 aromatic rings. The maximum absolute atomic E-state index is 12.2. The van der Waals surface area contributed by atoms with Crippen LogP contribution in [0.15, 0.2) is 35.4 Å². The number of rotatable bonds is 6. The molecule has 2 aromatic heterocycles. The van der Waals surface area contributed by atoms with E-state index in [2.05, 4.69) is 9.71 Å². The van der Waals surface area contributed by atoms with E-state index in [0.717, 1.165) is 10.6 Å². The Morgan fingerprint density at radius 2 is 2.09 bits per heavy atom. The lowest BCUT2D eigenvalue weighted by molar-refractivity contribution is -0.119. The first-order valence-corrected chi connectivity index (χ1v) is 9.21. The Morgan fingerprint density at radius 1 is 1.32 bits per heavy atom. The van der Waals surface area contributed by atoms with E-state index in [1.54, 1.807) is 19.2 Å². The molecule has 2 rings (SSSR count). The molecule has 1 N–H and O–H groups in total. The Bertz CT molecular complexity index is 752. The Labute approximate surface area is 134 Å². The molecule has 0 bridgehead atoms. The number of aryl methyl sites for hydroxylation is 3. The van der Waals surface area contributed by atoms with E-state index in [9.17, 15) is 13.2 Å². The monoisotopic (exact) mass is 338 g/mol. The smallest absolute Gasteiger partial charge is 0.265 e. The summed E-state index contributed by atoms with van der Waals surface area (Å²) >= 11 is 1.40. The highest BCUT2D eigenvalue weighted by Gasteiger charge is 2.21. The zero-order valence-electron chi connectivity index (χ0n) is 12.5. The number of carbonyl (C=O) groups excluding carboxylic acids is 1. The second kappa shape index (κ2) is 7.02. The van der Waals surface area contributed by atoms with Crippen LogP contribution in [0.1, 0.15) is 28.3 Å². The van der Waals surface area contributed by atoms with Crippen molar-refractivity contribution in [3.05, 3.63) is 45.9 Å². The zero-order valence-corrected chi connectivity index (χ0v) is 14.1. The van der Waals surface area contributed by atoms with Gasteiger partial charge in [-0.2, -0.15) is 0 Å². The van der Waals surface area contributed by atoms with Gasteiger partial charge >= 0.3 is 0 Å². The highest BCUT2D eigenvalue weighted by atomic mass is 32.2. The van der Waals surface area contributed by atoms with Crippen molar-refractivity contribution >= 4 is 27.3 Å². The summed E-state index contributed by atoms with van der Waals surface area (Å²) in [4.78, 5) is 17.8. The molecule has 118 valence electrons. The van der Waals surface area contributed by atoms with Gasteiger partial charge in [0.05, 0.1) is 0 Å². The first-order valence-electron chi connectivity index (χ1n) is 6.91. The van der Waals surface area contributed by atoms with Crippen molar-refractivity contribution in [1.29, 1.82) is 0 Å². The normalized spacial score (nSPS) is 11.4. The molecule has 0 spiro atoms. The van der Waals surface area contributed by atoms with E-state index < -0.39 is 15.9 Å². The van der Waals surface area contributed by atoms with Crippen LogP contribution in [0, 0.1) is 13.8 Å². The molecule has 0 saturated heterocycles. The molecule has 0 aliphatic heterocycles. The predicted octanol–water partition coefficient (Wildman–Crippen LogP) is 2.59. The Balaban J connectivity index is 1.90. The Hall–Kier alpha value is -1.73. The molecule has 0 atom stereocenters. The summed E-state index contributed by atoms with van der Waals surface area (Å²) in [6, 6.07) is 7.18. The van der Waals surface area contributed by atoms with E-state index in [4.69, 9.17) is 0 Å². The lowest BCUT2D eigenvalue weighted by Crippen LogP contribution is -2.30. The van der Waals surface area contributed by atoms with Gasteiger partial charge in [-0.25, -0.2) is 13.1 Å². The van der Waals surface area contributed by atoms with Gasteiger partial charge in [-0.3, -0.25) is 9.78 Å². The largest absolute Gasteiger partial charge is 0.274 e. The number of nitrogens with zero attached hydrogens (tertiary/aromatic N) is 1. The molecule has 0 saturated carbocycles. The van der Waals surface area contributed by atoms with Crippen molar-refractivity contribution in [2.24, 2.45) is 0 Å². The number of nitrogens with one attached hydrogen (secondary N) is 1. The zero-order chi connectivity index (χ0) is 16.2. The van der Waals surface area contributed by atoms with Gasteiger partial charge in [0.2, 0.25) is 5.91 Å². The standard InChI is InChI=1S/C15H18N2O3S2/c1-11-10-14(12(2)21-11)22(19,20)17-15(18)8-5-7-13-6-3-4-9-16-13/h3-4,6,9-10H,5,7-8H2,1-2H3,(H,17,18). The summed E-state index contributed by atoms with van der Waals surface area (Å²) < 4.78 is 26.5. The van der Waals surface area contributed by atoms with Crippen molar-refractivity contribution in [1.82, 2.24) is 9.71 Å². The first-order chi connectivity index (χ1) is 10.4. The van der Waals surface area contributed by atoms with Gasteiger partial charge in [0.25, 0.3) is 10.0 Å². The average molecular weight is 338 g/mol. The number of carbonyl (C=O) groups is 1. The van der Waals surface area contributed by atoms with Gasteiger partial charge in [-0.15, -0.1) is 11.3 Å². The summed E-state index contributed by atoms with van der Waals surface area (Å²) in [6.45, 7) is 3.57. The number of sulfonamides is 1. The van der Waals surface area contributed by atoms with Gasteiger partial charge < -0.3 is 0 Å². The minimum Gasteiger partial charge on any atom is -0.274 e. The number of hydrogen-bond acceptors (Lipinski definition) is 5. The van der Waals surface area contributed by atoms with Crippen molar-refractivity contribution < 1.29 is 13.2 Å². The van der Waals surface area contributed by atoms with Crippen LogP contribution >= 0.6 is 11.3 Å². The second-order valence-electron chi connectivity index (χ2n) is 4.98. The summed E-state index contributed by atoms with van der Waals surface area (Å²) in [5, 5.41) is 0. The van der Waals surface area contributed by atoms with E-state index in [-0.39, 0.29) is 11.3 Å². The maximum atomic E-state index is 12.2. The molecule has 22 heavy (non-hydrogen) atoms. The van der Waals surface area contributed by atoms with Crippen LogP contribution in [0.5, 0.6) is 0 Å². The fourth-order valence-electron chi connectivity index (χ4n) is 2.11. The molecule has 0 aliphatic carbocycles. The van der Waals surface area contributed by atoms with Crippen LogP contribution in [0.3, 0.4) is 0 Å². The van der Waals surface area contributed by atoms with Crippen LogP contribution in [-0.4, -0.2) is 19.3 Å². The number of hydrogen-bond donors (Lipinski definition) is 1. The average Bonchev–Trinajstić information content (AvgIpc) is 2.79. The maximum Gasteiger partial charge on any atom is 0.265 e.